The average Bonchev–Trinajstić information content (AvgIpc) is 2.74. The maximum atomic E-state index is 12.6. The molecule has 0 unspecified atom stereocenters. The Bertz CT molecular complexity index is 904. The van der Waals surface area contributed by atoms with E-state index in [1.54, 1.807) is 12.3 Å². The zero-order chi connectivity index (χ0) is 23.9. The molecule has 0 aliphatic carbocycles. The average molecular weight is 439 g/mol. The van der Waals surface area contributed by atoms with E-state index in [1.165, 1.54) is 0 Å². The van der Waals surface area contributed by atoms with Gasteiger partial charge in [-0.1, -0.05) is 78.8 Å². The molecule has 4 nitrogen and oxygen atoms in total. The number of carbonyl (C=O) groups excluding carboxylic acids is 1. The lowest BCUT2D eigenvalue weighted by atomic mass is 10.1. The second kappa shape index (κ2) is 11.4. The molecule has 31 heavy (non-hydrogen) atoms. The van der Waals surface area contributed by atoms with E-state index in [0.29, 0.717) is 40.3 Å². The number of hydrogen-bond donors (Lipinski definition) is 1. The molecule has 0 radical (unpaired) electrons. The summed E-state index contributed by atoms with van der Waals surface area (Å²) in [6.07, 6.45) is 5.68. The van der Waals surface area contributed by atoms with Crippen LogP contribution in [0.3, 0.4) is 0 Å². The lowest BCUT2D eigenvalue weighted by molar-refractivity contribution is 0.0948. The molecule has 2 heterocycles. The fraction of sp³-hybridized carbons (Fsp3) is 0.500. The van der Waals surface area contributed by atoms with Crippen LogP contribution in [0, 0.1) is 0 Å². The standard InChI is InChI=1S/C26H39N3OSi/c1-8-9-16-28-26(30)24-14-13-22(25(29-24)23-12-10-11-17-27-23)15-18-31(19(2)3,20(4)5)21(6)7/h10-15,17-21H,8-9,16H2,1-7H3,(H,28,30)/b18-15+/i18D. The minimum atomic E-state index is -2.09. The summed E-state index contributed by atoms with van der Waals surface area (Å²) in [6, 6.07) is 9.36. The summed E-state index contributed by atoms with van der Waals surface area (Å²) in [5.74, 6) is -0.174. The maximum absolute atomic E-state index is 12.6. The van der Waals surface area contributed by atoms with Crippen LogP contribution in [0.5, 0.6) is 0 Å². The van der Waals surface area contributed by atoms with E-state index in [2.05, 4.69) is 58.8 Å². The van der Waals surface area contributed by atoms with Gasteiger partial charge in [0.1, 0.15) is 5.69 Å². The molecule has 0 aromatic carbocycles. The first-order valence-corrected chi connectivity index (χ1v) is 13.8. The van der Waals surface area contributed by atoms with Gasteiger partial charge in [0.15, 0.2) is 0 Å². The van der Waals surface area contributed by atoms with Gasteiger partial charge in [-0.25, -0.2) is 4.98 Å². The molecule has 0 aliphatic heterocycles. The quantitative estimate of drug-likeness (QED) is 0.324. The van der Waals surface area contributed by atoms with Gasteiger partial charge in [0.25, 0.3) is 5.91 Å². The van der Waals surface area contributed by atoms with E-state index < -0.39 is 8.07 Å². The van der Waals surface area contributed by atoms with Crippen LogP contribution >= 0.6 is 0 Å². The van der Waals surface area contributed by atoms with Gasteiger partial charge in [-0.2, -0.15) is 0 Å². The Balaban J connectivity index is 2.60. The largest absolute Gasteiger partial charge is 0.351 e. The summed E-state index contributed by atoms with van der Waals surface area (Å²) >= 11 is 0. The van der Waals surface area contributed by atoms with Gasteiger partial charge in [0.05, 0.1) is 20.8 Å². The van der Waals surface area contributed by atoms with E-state index >= 15 is 0 Å². The number of hydrogen-bond acceptors (Lipinski definition) is 3. The molecule has 0 saturated heterocycles. The summed E-state index contributed by atoms with van der Waals surface area (Å²) < 4.78 is 9.21. The van der Waals surface area contributed by atoms with Crippen molar-refractivity contribution in [1.82, 2.24) is 15.3 Å². The fourth-order valence-corrected chi connectivity index (χ4v) is 10.00. The highest BCUT2D eigenvalue weighted by Crippen LogP contribution is 2.43. The van der Waals surface area contributed by atoms with Gasteiger partial charge in [0, 0.05) is 18.3 Å². The second-order valence-corrected chi connectivity index (χ2v) is 14.8. The van der Waals surface area contributed by atoms with Crippen LogP contribution in [0.2, 0.25) is 16.6 Å². The van der Waals surface area contributed by atoms with Crippen molar-refractivity contribution in [3.05, 3.63) is 53.5 Å². The Morgan fingerprint density at radius 3 is 2.32 bits per heavy atom. The molecule has 0 saturated carbocycles. The predicted molar refractivity (Wildman–Crippen MR) is 135 cm³/mol. The SMILES string of the molecule is [2H]/C(=C\c1ccc(C(=O)NCCCC)nc1-c1ccccn1)[Si](C(C)C)(C(C)C)C(C)C. The molecule has 2 aromatic heterocycles. The first-order valence-electron chi connectivity index (χ1n) is 12.1. The molecule has 0 atom stereocenters. The Kier molecular flexibility index (Phi) is 8.58. The van der Waals surface area contributed by atoms with Gasteiger partial charge in [-0.05, 0) is 41.2 Å². The topological polar surface area (TPSA) is 54.9 Å². The van der Waals surface area contributed by atoms with Crippen LogP contribution in [0.25, 0.3) is 17.5 Å². The van der Waals surface area contributed by atoms with Crippen LogP contribution in [0.15, 0.2) is 42.2 Å². The molecule has 2 aromatic rings. The van der Waals surface area contributed by atoms with Gasteiger partial charge in [-0.15, -0.1) is 0 Å². The van der Waals surface area contributed by atoms with Crippen LogP contribution in [0.1, 0.15) is 78.7 Å². The maximum Gasteiger partial charge on any atom is 0.269 e. The van der Waals surface area contributed by atoms with Crippen LogP contribution in [-0.2, 0) is 0 Å². The fourth-order valence-electron chi connectivity index (χ4n) is 4.59. The molecule has 0 fully saturated rings. The van der Waals surface area contributed by atoms with Crippen molar-refractivity contribution in [3.8, 4) is 11.4 Å². The highest BCUT2D eigenvalue weighted by Gasteiger charge is 2.40. The van der Waals surface area contributed by atoms with Crippen LogP contribution in [0.4, 0.5) is 0 Å². The van der Waals surface area contributed by atoms with Gasteiger partial charge in [0.2, 0.25) is 0 Å². The van der Waals surface area contributed by atoms with E-state index in [9.17, 15) is 6.17 Å². The lowest BCUT2D eigenvalue weighted by Gasteiger charge is -2.40. The number of rotatable bonds is 10. The van der Waals surface area contributed by atoms with Crippen molar-refractivity contribution in [2.24, 2.45) is 0 Å². The predicted octanol–water partition coefficient (Wildman–Crippen LogP) is 6.90. The molecule has 0 spiro atoms. The molecule has 0 aliphatic rings. The number of pyridine rings is 2. The minimum Gasteiger partial charge on any atom is -0.351 e. The van der Waals surface area contributed by atoms with Crippen molar-refractivity contribution < 1.29 is 6.17 Å². The van der Waals surface area contributed by atoms with Gasteiger partial charge in [-0.3, -0.25) is 9.78 Å². The molecule has 0 bridgehead atoms. The van der Waals surface area contributed by atoms with E-state index in [0.717, 1.165) is 24.1 Å². The summed E-state index contributed by atoms with van der Waals surface area (Å²) in [6.45, 7) is 16.3. The molecule has 1 N–H and O–H groups in total. The smallest absolute Gasteiger partial charge is 0.269 e. The first-order chi connectivity index (χ1) is 15.2. The van der Waals surface area contributed by atoms with E-state index in [-0.39, 0.29) is 5.91 Å². The third kappa shape index (κ3) is 5.91. The molecule has 2 rings (SSSR count). The highest BCUT2D eigenvalue weighted by atomic mass is 28.3. The first kappa shape index (κ1) is 23.4. The molecular weight excluding hydrogens is 398 g/mol. The Morgan fingerprint density at radius 2 is 1.77 bits per heavy atom. The van der Waals surface area contributed by atoms with Crippen molar-refractivity contribution in [1.29, 1.82) is 0 Å². The summed E-state index contributed by atoms with van der Waals surface area (Å²) in [5, 5.41) is 2.94. The van der Waals surface area contributed by atoms with Crippen LogP contribution in [-0.4, -0.2) is 30.5 Å². The number of aromatic nitrogens is 2. The zero-order valence-corrected chi connectivity index (χ0v) is 21.2. The summed E-state index contributed by atoms with van der Waals surface area (Å²) in [5.41, 5.74) is 4.65. The number of nitrogens with one attached hydrogen (secondary N) is 1. The van der Waals surface area contributed by atoms with Crippen LogP contribution < -0.4 is 5.32 Å². The Hall–Kier alpha value is -2.27. The van der Waals surface area contributed by atoms with Gasteiger partial charge >= 0.3 is 0 Å². The van der Waals surface area contributed by atoms with Crippen molar-refractivity contribution in [2.45, 2.75) is 77.9 Å². The Labute approximate surface area is 191 Å². The second-order valence-electron chi connectivity index (χ2n) is 9.14. The normalized spacial score (nSPS) is 13.1. The van der Waals surface area contributed by atoms with E-state index in [1.807, 2.05) is 30.3 Å². The number of carbonyl (C=O) groups is 1. The number of nitrogens with zero attached hydrogens (tertiary/aromatic N) is 2. The summed E-state index contributed by atoms with van der Waals surface area (Å²) in [4.78, 5) is 21.8. The molecule has 1 amide bonds. The molecular formula is C26H39N3OSi. The van der Waals surface area contributed by atoms with Crippen molar-refractivity contribution in [3.63, 3.8) is 0 Å². The van der Waals surface area contributed by atoms with E-state index in [4.69, 9.17) is 4.98 Å². The lowest BCUT2D eigenvalue weighted by Crippen LogP contribution is -2.42. The van der Waals surface area contributed by atoms with Crippen molar-refractivity contribution >= 4 is 20.1 Å². The number of amides is 1. The monoisotopic (exact) mass is 438 g/mol. The third-order valence-electron chi connectivity index (χ3n) is 6.23. The molecule has 168 valence electrons. The zero-order valence-electron chi connectivity index (χ0n) is 21.2. The molecule has 5 heteroatoms. The Morgan fingerprint density at radius 1 is 1.10 bits per heavy atom. The minimum absolute atomic E-state index is 0.174. The van der Waals surface area contributed by atoms with Gasteiger partial charge < -0.3 is 5.32 Å². The van der Waals surface area contributed by atoms with Crippen molar-refractivity contribution in [2.75, 3.05) is 6.54 Å². The summed E-state index contributed by atoms with van der Waals surface area (Å²) in [7, 11) is -2.09. The third-order valence-corrected chi connectivity index (χ3v) is 12.6. The highest BCUT2D eigenvalue weighted by molar-refractivity contribution is 6.88. The number of unbranched alkanes of at least 4 members (excludes halogenated alkanes) is 1.